The topological polar surface area (TPSA) is 69.6 Å². The molecule has 22 heavy (non-hydrogen) atoms. The molecular formula is C18H27NO3. The number of benzene rings is 1. The average molecular weight is 305 g/mol. The van der Waals surface area contributed by atoms with E-state index >= 15 is 0 Å². The second-order valence-corrected chi connectivity index (χ2v) is 5.54. The average Bonchev–Trinajstić information content (AvgIpc) is 2.51. The van der Waals surface area contributed by atoms with E-state index in [4.69, 9.17) is 0 Å². The molecule has 0 saturated carbocycles. The SMILES string of the molecule is CCCCCc1ccc(/C=C/[C@H](O)[C@@H](CO)NC(C)=O)cc1. The number of hydrogen-bond donors (Lipinski definition) is 3. The fraction of sp³-hybridized carbons (Fsp3) is 0.500. The molecule has 3 N–H and O–H groups in total. The zero-order valence-electron chi connectivity index (χ0n) is 13.5. The summed E-state index contributed by atoms with van der Waals surface area (Å²) in [5.41, 5.74) is 2.30. The Labute approximate surface area is 132 Å². The van der Waals surface area contributed by atoms with Crippen molar-refractivity contribution in [3.8, 4) is 0 Å². The van der Waals surface area contributed by atoms with E-state index in [1.165, 1.54) is 31.7 Å². The van der Waals surface area contributed by atoms with E-state index < -0.39 is 12.1 Å². The summed E-state index contributed by atoms with van der Waals surface area (Å²) in [7, 11) is 0. The van der Waals surface area contributed by atoms with Crippen LogP contribution in [0, 0.1) is 0 Å². The summed E-state index contributed by atoms with van der Waals surface area (Å²) in [4.78, 5) is 11.0. The van der Waals surface area contributed by atoms with Crippen molar-refractivity contribution in [2.75, 3.05) is 6.61 Å². The molecule has 0 spiro atoms. The first kappa shape index (κ1) is 18.4. The lowest BCUT2D eigenvalue weighted by atomic mass is 10.0. The Morgan fingerprint density at radius 3 is 2.50 bits per heavy atom. The maximum atomic E-state index is 11.0. The van der Waals surface area contributed by atoms with Gasteiger partial charge in [-0.15, -0.1) is 0 Å². The maximum absolute atomic E-state index is 11.0. The van der Waals surface area contributed by atoms with Gasteiger partial charge in [0.15, 0.2) is 0 Å². The highest BCUT2D eigenvalue weighted by Crippen LogP contribution is 2.11. The number of amides is 1. The van der Waals surface area contributed by atoms with E-state index in [0.29, 0.717) is 0 Å². The van der Waals surface area contributed by atoms with Crippen LogP contribution in [0.5, 0.6) is 0 Å². The highest BCUT2D eigenvalue weighted by atomic mass is 16.3. The molecule has 4 nitrogen and oxygen atoms in total. The number of aryl methyl sites for hydroxylation is 1. The zero-order chi connectivity index (χ0) is 16.4. The molecule has 0 heterocycles. The third kappa shape index (κ3) is 6.87. The van der Waals surface area contributed by atoms with Crippen molar-refractivity contribution in [1.29, 1.82) is 0 Å². The summed E-state index contributed by atoms with van der Waals surface area (Å²) in [6.45, 7) is 3.25. The van der Waals surface area contributed by atoms with Gasteiger partial charge in [-0.05, 0) is 24.0 Å². The molecule has 0 aliphatic carbocycles. The van der Waals surface area contributed by atoms with E-state index in [9.17, 15) is 15.0 Å². The lowest BCUT2D eigenvalue weighted by Gasteiger charge is -2.18. The first-order valence-corrected chi connectivity index (χ1v) is 7.90. The van der Waals surface area contributed by atoms with Gasteiger partial charge in [-0.25, -0.2) is 0 Å². The summed E-state index contributed by atoms with van der Waals surface area (Å²) in [5.74, 6) is -0.275. The first-order chi connectivity index (χ1) is 10.6. The number of carbonyl (C=O) groups excluding carboxylic acids is 1. The maximum Gasteiger partial charge on any atom is 0.217 e. The van der Waals surface area contributed by atoms with Crippen LogP contribution in [0.4, 0.5) is 0 Å². The van der Waals surface area contributed by atoms with E-state index in [-0.39, 0.29) is 12.5 Å². The van der Waals surface area contributed by atoms with Gasteiger partial charge in [-0.3, -0.25) is 4.79 Å². The van der Waals surface area contributed by atoms with Gasteiger partial charge >= 0.3 is 0 Å². The lowest BCUT2D eigenvalue weighted by Crippen LogP contribution is -2.44. The minimum Gasteiger partial charge on any atom is -0.394 e. The number of nitrogens with one attached hydrogen (secondary N) is 1. The van der Waals surface area contributed by atoms with Crippen molar-refractivity contribution in [1.82, 2.24) is 5.32 Å². The van der Waals surface area contributed by atoms with Gasteiger partial charge in [0.1, 0.15) is 0 Å². The molecule has 0 fully saturated rings. The summed E-state index contributed by atoms with van der Waals surface area (Å²) in [5, 5.41) is 21.6. The molecule has 122 valence electrons. The monoisotopic (exact) mass is 305 g/mol. The Morgan fingerprint density at radius 2 is 1.95 bits per heavy atom. The largest absolute Gasteiger partial charge is 0.394 e. The first-order valence-electron chi connectivity index (χ1n) is 7.90. The van der Waals surface area contributed by atoms with Crippen LogP contribution in [-0.4, -0.2) is 34.9 Å². The zero-order valence-corrected chi connectivity index (χ0v) is 13.5. The summed E-state index contributed by atoms with van der Waals surface area (Å²) in [6.07, 6.45) is 7.24. The van der Waals surface area contributed by atoms with Gasteiger partial charge in [0.05, 0.1) is 18.8 Å². The molecule has 0 aliphatic rings. The molecule has 1 amide bonds. The number of rotatable bonds is 9. The van der Waals surface area contributed by atoms with Crippen LogP contribution >= 0.6 is 0 Å². The smallest absolute Gasteiger partial charge is 0.217 e. The molecule has 1 aromatic carbocycles. The van der Waals surface area contributed by atoms with Crippen LogP contribution in [0.3, 0.4) is 0 Å². The van der Waals surface area contributed by atoms with Crippen molar-refractivity contribution >= 4 is 12.0 Å². The van der Waals surface area contributed by atoms with Crippen molar-refractivity contribution < 1.29 is 15.0 Å². The summed E-state index contributed by atoms with van der Waals surface area (Å²) < 4.78 is 0. The highest BCUT2D eigenvalue weighted by Gasteiger charge is 2.16. The van der Waals surface area contributed by atoms with E-state index in [1.807, 2.05) is 12.1 Å². The summed E-state index contributed by atoms with van der Waals surface area (Å²) >= 11 is 0. The molecule has 1 rings (SSSR count). The normalized spacial score (nSPS) is 14.0. The van der Waals surface area contributed by atoms with E-state index in [2.05, 4.69) is 24.4 Å². The third-order valence-corrected chi connectivity index (χ3v) is 3.53. The number of aliphatic hydroxyl groups excluding tert-OH is 2. The van der Waals surface area contributed by atoms with Gasteiger partial charge in [-0.2, -0.15) is 0 Å². The van der Waals surface area contributed by atoms with Crippen LogP contribution in [-0.2, 0) is 11.2 Å². The number of aliphatic hydroxyl groups is 2. The minimum atomic E-state index is -0.918. The van der Waals surface area contributed by atoms with E-state index in [1.54, 1.807) is 12.2 Å². The third-order valence-electron chi connectivity index (χ3n) is 3.53. The Morgan fingerprint density at radius 1 is 1.27 bits per heavy atom. The Hall–Kier alpha value is -1.65. The molecular weight excluding hydrogens is 278 g/mol. The molecule has 0 aliphatic heterocycles. The Balaban J connectivity index is 2.55. The number of hydrogen-bond acceptors (Lipinski definition) is 3. The Kier molecular flexibility index (Phi) is 8.48. The Bertz CT molecular complexity index is 468. The van der Waals surface area contributed by atoms with Crippen molar-refractivity contribution in [3.63, 3.8) is 0 Å². The van der Waals surface area contributed by atoms with Crippen LogP contribution in [0.2, 0.25) is 0 Å². The molecule has 2 atom stereocenters. The van der Waals surface area contributed by atoms with Gasteiger partial charge in [0.2, 0.25) is 5.91 Å². The second kappa shape index (κ2) is 10.1. The van der Waals surface area contributed by atoms with Gasteiger partial charge in [0, 0.05) is 6.92 Å². The fourth-order valence-corrected chi connectivity index (χ4v) is 2.22. The second-order valence-electron chi connectivity index (χ2n) is 5.54. The van der Waals surface area contributed by atoms with Crippen molar-refractivity contribution in [2.45, 2.75) is 51.7 Å². The van der Waals surface area contributed by atoms with Gasteiger partial charge in [-0.1, -0.05) is 56.2 Å². The molecule has 0 aromatic heterocycles. The van der Waals surface area contributed by atoms with Crippen molar-refractivity contribution in [3.05, 3.63) is 41.5 Å². The standard InChI is InChI=1S/C18H27NO3/c1-3-4-5-6-15-7-9-16(10-8-15)11-12-18(22)17(13-20)19-14(2)21/h7-12,17-18,20,22H,3-6,13H2,1-2H3,(H,19,21)/b12-11+/t17-,18+/m1/s1. The summed E-state index contributed by atoms with van der Waals surface area (Å²) in [6, 6.07) is 7.54. The van der Waals surface area contributed by atoms with Gasteiger partial charge in [0.25, 0.3) is 0 Å². The van der Waals surface area contributed by atoms with Crippen LogP contribution in [0.1, 0.15) is 44.2 Å². The van der Waals surface area contributed by atoms with Crippen LogP contribution < -0.4 is 5.32 Å². The number of carbonyl (C=O) groups is 1. The molecule has 0 saturated heterocycles. The number of unbranched alkanes of at least 4 members (excludes halogenated alkanes) is 2. The molecule has 0 radical (unpaired) electrons. The fourth-order valence-electron chi connectivity index (χ4n) is 2.22. The minimum absolute atomic E-state index is 0.275. The highest BCUT2D eigenvalue weighted by molar-refractivity contribution is 5.73. The van der Waals surface area contributed by atoms with Crippen LogP contribution in [0.25, 0.3) is 6.08 Å². The molecule has 4 heteroatoms. The quantitative estimate of drug-likeness (QED) is 0.613. The van der Waals surface area contributed by atoms with Gasteiger partial charge < -0.3 is 15.5 Å². The predicted molar refractivity (Wildman–Crippen MR) is 89.4 cm³/mol. The van der Waals surface area contributed by atoms with Crippen LogP contribution in [0.15, 0.2) is 30.3 Å². The predicted octanol–water partition coefficient (Wildman–Crippen LogP) is 2.29. The molecule has 0 unspecified atom stereocenters. The lowest BCUT2D eigenvalue weighted by molar-refractivity contribution is -0.120. The van der Waals surface area contributed by atoms with Crippen molar-refractivity contribution in [2.24, 2.45) is 0 Å². The molecule has 1 aromatic rings. The molecule has 0 bridgehead atoms. The van der Waals surface area contributed by atoms with E-state index in [0.717, 1.165) is 12.0 Å².